The third-order valence-corrected chi connectivity index (χ3v) is 2.73. The highest BCUT2D eigenvalue weighted by Crippen LogP contribution is 2.18. The van der Waals surface area contributed by atoms with Crippen LogP contribution in [0.15, 0.2) is 17.1 Å². The molecule has 0 radical (unpaired) electrons. The van der Waals surface area contributed by atoms with Crippen molar-refractivity contribution in [2.45, 2.75) is 6.92 Å². The van der Waals surface area contributed by atoms with Gasteiger partial charge in [-0.15, -0.1) is 0 Å². The predicted octanol–water partition coefficient (Wildman–Crippen LogP) is 0.159. The Morgan fingerprint density at radius 3 is 2.83 bits per heavy atom. The van der Waals surface area contributed by atoms with Crippen molar-refractivity contribution in [2.24, 2.45) is 4.99 Å². The van der Waals surface area contributed by atoms with E-state index in [1.54, 1.807) is 12.9 Å². The van der Waals surface area contributed by atoms with E-state index in [-0.39, 0.29) is 33.5 Å². The number of halogens is 1. The number of carbonyl (C=O) groups is 1. The van der Waals surface area contributed by atoms with Gasteiger partial charge in [0.05, 0.1) is 22.5 Å². The van der Waals surface area contributed by atoms with Gasteiger partial charge in [-0.2, -0.15) is 0 Å². The van der Waals surface area contributed by atoms with Crippen LogP contribution < -0.4 is 10.4 Å². The van der Waals surface area contributed by atoms with E-state index in [1.165, 1.54) is 12.1 Å². The van der Waals surface area contributed by atoms with Gasteiger partial charge < -0.3 is 9.84 Å². The maximum atomic E-state index is 11.3. The molecular formula is C12H8ClNO4. The van der Waals surface area contributed by atoms with Crippen LogP contribution in [0.5, 0.6) is 0 Å². The van der Waals surface area contributed by atoms with Gasteiger partial charge in [-0.1, -0.05) is 11.6 Å². The molecule has 0 atom stereocenters. The summed E-state index contributed by atoms with van der Waals surface area (Å²) in [6, 6.07) is 3.01. The van der Waals surface area contributed by atoms with Gasteiger partial charge >= 0.3 is 5.97 Å². The van der Waals surface area contributed by atoms with E-state index in [1.807, 2.05) is 0 Å². The molecule has 18 heavy (non-hydrogen) atoms. The minimum atomic E-state index is -1.22. The predicted molar refractivity (Wildman–Crippen MR) is 65.3 cm³/mol. The standard InChI is InChI=1S/C12H8ClNO4/c1-2-18-11-10(12(16)17)9-6(5-15)7(13)3-4-8(9)14-11/h3-4H,2H2,1H3,(H,16,17). The second-order valence-electron chi connectivity index (χ2n) is 3.45. The third kappa shape index (κ3) is 1.79. The number of carbonyl (C=O) groups excluding carboxylic acids is 1. The number of aliphatic imine (C=N–C) groups is 1. The topological polar surface area (TPSA) is 76.0 Å². The Morgan fingerprint density at radius 2 is 2.28 bits per heavy atom. The van der Waals surface area contributed by atoms with E-state index in [4.69, 9.17) is 16.3 Å². The molecule has 6 heteroatoms. The van der Waals surface area contributed by atoms with Gasteiger partial charge in [-0.3, -0.25) is 0 Å². The average molecular weight is 266 g/mol. The number of rotatable bonds is 2. The van der Waals surface area contributed by atoms with Crippen molar-refractivity contribution in [3.63, 3.8) is 0 Å². The van der Waals surface area contributed by atoms with Crippen molar-refractivity contribution in [2.75, 3.05) is 6.61 Å². The fourth-order valence-corrected chi connectivity index (χ4v) is 1.92. The van der Waals surface area contributed by atoms with E-state index in [2.05, 4.69) is 4.99 Å². The monoisotopic (exact) mass is 265 g/mol. The van der Waals surface area contributed by atoms with E-state index in [9.17, 15) is 14.7 Å². The van der Waals surface area contributed by atoms with Gasteiger partial charge in [0.15, 0.2) is 0 Å². The van der Waals surface area contributed by atoms with Crippen LogP contribution in [-0.4, -0.2) is 29.5 Å². The molecule has 0 spiro atoms. The lowest BCUT2D eigenvalue weighted by Gasteiger charge is -2.02. The van der Waals surface area contributed by atoms with Crippen molar-refractivity contribution in [3.05, 3.63) is 27.6 Å². The van der Waals surface area contributed by atoms with Crippen LogP contribution in [-0.2, 0) is 14.3 Å². The summed E-state index contributed by atoms with van der Waals surface area (Å²) < 4.78 is 5.16. The minimum absolute atomic E-state index is 0.00924. The van der Waals surface area contributed by atoms with Gasteiger partial charge in [0.2, 0.25) is 5.90 Å². The van der Waals surface area contributed by atoms with E-state index >= 15 is 0 Å². The smallest absolute Gasteiger partial charge is 0.341 e. The molecule has 0 unspecified atom stereocenters. The summed E-state index contributed by atoms with van der Waals surface area (Å²) in [6.07, 6.45) is 0. The van der Waals surface area contributed by atoms with Crippen molar-refractivity contribution >= 4 is 40.7 Å². The molecule has 0 saturated carbocycles. The number of ether oxygens (including phenoxy) is 1. The van der Waals surface area contributed by atoms with Crippen LogP contribution >= 0.6 is 11.6 Å². The third-order valence-electron chi connectivity index (χ3n) is 2.42. The molecule has 92 valence electrons. The number of aliphatic carboxylic acids is 1. The summed E-state index contributed by atoms with van der Waals surface area (Å²) in [4.78, 5) is 26.2. The Labute approximate surface area is 107 Å². The Balaban J connectivity index is 2.92. The Bertz CT molecular complexity index is 702. The molecule has 0 bridgehead atoms. The second-order valence-corrected chi connectivity index (χ2v) is 3.86. The number of benzene rings is 1. The number of carboxylic acid groups (broad SMARTS) is 1. The van der Waals surface area contributed by atoms with Crippen LogP contribution in [0.3, 0.4) is 0 Å². The number of nitrogens with zero attached hydrogens (tertiary/aromatic N) is 1. The molecule has 1 aromatic rings. The molecule has 1 heterocycles. The molecule has 1 aromatic carbocycles. The van der Waals surface area contributed by atoms with Crippen LogP contribution in [0, 0.1) is 0 Å². The molecule has 0 amide bonds. The van der Waals surface area contributed by atoms with Crippen LogP contribution in [0.4, 0.5) is 5.69 Å². The van der Waals surface area contributed by atoms with E-state index < -0.39 is 5.97 Å². The quantitative estimate of drug-likeness (QED) is 0.826. The summed E-state index contributed by atoms with van der Waals surface area (Å²) in [6.45, 7) is 1.99. The van der Waals surface area contributed by atoms with Crippen molar-refractivity contribution in [3.8, 4) is 0 Å². The van der Waals surface area contributed by atoms with Crippen molar-refractivity contribution in [1.29, 1.82) is 0 Å². The highest BCUT2D eigenvalue weighted by atomic mass is 35.5. The summed E-state index contributed by atoms with van der Waals surface area (Å²) >= 11 is 5.84. The Kier molecular flexibility index (Phi) is 3.19. The Morgan fingerprint density at radius 1 is 1.56 bits per heavy atom. The van der Waals surface area contributed by atoms with Crippen molar-refractivity contribution < 1.29 is 19.4 Å². The molecule has 2 rings (SSSR count). The normalized spacial score (nSPS) is 12.8. The SMILES string of the molecule is CCOC1=Nc2ccc(Cl)c(=C=O)c2=C1C(=O)O. The molecule has 0 aromatic heterocycles. The van der Waals surface area contributed by atoms with Crippen LogP contribution in [0.1, 0.15) is 6.92 Å². The first kappa shape index (κ1) is 12.4. The summed E-state index contributed by atoms with van der Waals surface area (Å²) in [5, 5.41) is 9.48. The van der Waals surface area contributed by atoms with Crippen LogP contribution in [0.25, 0.3) is 5.57 Å². The Hall–Kier alpha value is -2.10. The largest absolute Gasteiger partial charge is 0.477 e. The molecule has 0 saturated heterocycles. The van der Waals surface area contributed by atoms with Crippen molar-refractivity contribution in [1.82, 2.24) is 0 Å². The summed E-state index contributed by atoms with van der Waals surface area (Å²) in [5.41, 5.74) is 0.186. The zero-order chi connectivity index (χ0) is 13.3. The second kappa shape index (κ2) is 4.64. The number of hydrogen-bond acceptors (Lipinski definition) is 4. The molecular weight excluding hydrogens is 258 g/mol. The maximum absolute atomic E-state index is 11.3. The fourth-order valence-electron chi connectivity index (χ4n) is 1.72. The first-order chi connectivity index (χ1) is 8.60. The summed E-state index contributed by atoms with van der Waals surface area (Å²) in [5.74, 6) is 0.411. The highest BCUT2D eigenvalue weighted by molar-refractivity contribution is 6.40. The van der Waals surface area contributed by atoms with Gasteiger partial charge in [0, 0.05) is 5.22 Å². The van der Waals surface area contributed by atoms with Gasteiger partial charge in [-0.25, -0.2) is 14.6 Å². The van der Waals surface area contributed by atoms with Gasteiger partial charge in [0.25, 0.3) is 0 Å². The van der Waals surface area contributed by atoms with E-state index in [0.29, 0.717) is 5.69 Å². The van der Waals surface area contributed by atoms with Gasteiger partial charge in [0.1, 0.15) is 11.5 Å². The first-order valence-electron chi connectivity index (χ1n) is 5.13. The highest BCUT2D eigenvalue weighted by Gasteiger charge is 2.26. The molecule has 1 N–H and O–H groups in total. The molecule has 1 aliphatic heterocycles. The van der Waals surface area contributed by atoms with Crippen LogP contribution in [0.2, 0.25) is 5.02 Å². The molecule has 0 aliphatic carbocycles. The first-order valence-corrected chi connectivity index (χ1v) is 5.51. The lowest BCUT2D eigenvalue weighted by Crippen LogP contribution is -2.32. The molecule has 1 aliphatic rings. The fraction of sp³-hybridized carbons (Fsp3) is 0.167. The number of hydrogen-bond donors (Lipinski definition) is 1. The average Bonchev–Trinajstić information content (AvgIpc) is 2.68. The molecule has 0 fully saturated rings. The van der Waals surface area contributed by atoms with Gasteiger partial charge in [-0.05, 0) is 19.1 Å². The number of fused-ring (bicyclic) bond motifs is 1. The van der Waals surface area contributed by atoms with E-state index in [0.717, 1.165) is 0 Å². The lowest BCUT2D eigenvalue weighted by atomic mass is 10.1. The minimum Gasteiger partial charge on any atom is -0.477 e. The zero-order valence-electron chi connectivity index (χ0n) is 9.36. The number of carboxylic acids is 1. The summed E-state index contributed by atoms with van der Waals surface area (Å²) in [7, 11) is 0. The maximum Gasteiger partial charge on any atom is 0.341 e. The molecule has 5 nitrogen and oxygen atoms in total. The zero-order valence-corrected chi connectivity index (χ0v) is 10.1. The lowest BCUT2D eigenvalue weighted by molar-refractivity contribution is -0.130.